The van der Waals surface area contributed by atoms with E-state index in [4.69, 9.17) is 0 Å². The van der Waals surface area contributed by atoms with Crippen LogP contribution in [-0.4, -0.2) is 25.1 Å². The van der Waals surface area contributed by atoms with Gasteiger partial charge in [0, 0.05) is 24.5 Å². The summed E-state index contributed by atoms with van der Waals surface area (Å²) in [6, 6.07) is 0.558. The number of nitrogens with one attached hydrogen (secondary N) is 2. The quantitative estimate of drug-likeness (QED) is 0.615. The van der Waals surface area contributed by atoms with Crippen LogP contribution in [0.4, 0.5) is 0 Å². The topological polar surface area (TPSA) is 36.4 Å². The fourth-order valence-corrected chi connectivity index (χ4v) is 1.75. The lowest BCUT2D eigenvalue weighted by Gasteiger charge is -2.30. The van der Waals surface area contributed by atoms with Crippen LogP contribution < -0.4 is 10.6 Å². The minimum Gasteiger partial charge on any atom is -0.356 e. The average Bonchev–Trinajstić information content (AvgIpc) is 2.61. The predicted octanol–water partition coefficient (Wildman–Crippen LogP) is 1.28. The molecule has 0 saturated heterocycles. The number of hydrogen-bond donors (Lipinski definition) is 2. The zero-order valence-electron chi connectivity index (χ0n) is 9.01. The lowest BCUT2D eigenvalue weighted by Crippen LogP contribution is -2.49. The van der Waals surface area contributed by atoms with Crippen LogP contribution >= 0.6 is 0 Å². The van der Waals surface area contributed by atoms with Crippen molar-refractivity contribution in [1.82, 2.24) is 10.6 Å². The number of aliphatic imine (C=N–C) groups is 1. The molecule has 0 aromatic carbocycles. The molecule has 14 heavy (non-hydrogen) atoms. The van der Waals surface area contributed by atoms with E-state index in [0.29, 0.717) is 11.5 Å². The van der Waals surface area contributed by atoms with Crippen molar-refractivity contribution >= 4 is 5.96 Å². The summed E-state index contributed by atoms with van der Waals surface area (Å²) in [6.45, 7) is 6.40. The molecule has 1 heterocycles. The van der Waals surface area contributed by atoms with Crippen LogP contribution in [0.25, 0.3) is 0 Å². The van der Waals surface area contributed by atoms with Gasteiger partial charge in [-0.15, -0.1) is 0 Å². The van der Waals surface area contributed by atoms with Gasteiger partial charge in [0.1, 0.15) is 0 Å². The van der Waals surface area contributed by atoms with Crippen molar-refractivity contribution in [1.29, 1.82) is 0 Å². The Bertz CT molecular complexity index is 258. The largest absolute Gasteiger partial charge is 0.356 e. The van der Waals surface area contributed by atoms with Gasteiger partial charge in [-0.3, -0.25) is 4.99 Å². The molecule has 2 N–H and O–H groups in total. The molecule has 2 rings (SSSR count). The zero-order valence-corrected chi connectivity index (χ0v) is 9.01. The lowest BCUT2D eigenvalue weighted by atomic mass is 9.93. The number of hydrogen-bond acceptors (Lipinski definition) is 3. The molecule has 0 bridgehead atoms. The summed E-state index contributed by atoms with van der Waals surface area (Å²) >= 11 is 0. The second kappa shape index (κ2) is 3.64. The average molecular weight is 193 g/mol. The molecule has 0 aromatic heterocycles. The zero-order chi connectivity index (χ0) is 10.0. The monoisotopic (exact) mass is 193 g/mol. The van der Waals surface area contributed by atoms with Gasteiger partial charge in [0.2, 0.25) is 0 Å². The third kappa shape index (κ3) is 2.28. The van der Waals surface area contributed by atoms with E-state index in [1.807, 2.05) is 0 Å². The van der Waals surface area contributed by atoms with Crippen LogP contribution in [0.5, 0.6) is 0 Å². The number of rotatable bonds is 1. The summed E-state index contributed by atoms with van der Waals surface area (Å²) in [4.78, 5) is 4.51. The van der Waals surface area contributed by atoms with Gasteiger partial charge < -0.3 is 10.6 Å². The smallest absolute Gasteiger partial charge is 0.191 e. The maximum atomic E-state index is 4.51. The summed E-state index contributed by atoms with van der Waals surface area (Å²) in [5.41, 5.74) is 0.305. The lowest BCUT2D eigenvalue weighted by molar-refractivity contribution is 0.356. The van der Waals surface area contributed by atoms with E-state index in [0.717, 1.165) is 31.9 Å². The molecule has 0 spiro atoms. The van der Waals surface area contributed by atoms with Crippen molar-refractivity contribution in [2.75, 3.05) is 13.1 Å². The van der Waals surface area contributed by atoms with Crippen molar-refractivity contribution in [3.63, 3.8) is 0 Å². The third-order valence-corrected chi connectivity index (χ3v) is 2.75. The van der Waals surface area contributed by atoms with Crippen LogP contribution in [0.3, 0.4) is 0 Å². The molecule has 0 fully saturated rings. The highest BCUT2D eigenvalue weighted by molar-refractivity contribution is 5.80. The molecule has 0 unspecified atom stereocenters. The first-order valence-corrected chi connectivity index (χ1v) is 5.36. The van der Waals surface area contributed by atoms with E-state index in [-0.39, 0.29) is 0 Å². The molecule has 0 saturated carbocycles. The van der Waals surface area contributed by atoms with Gasteiger partial charge in [-0.2, -0.15) is 0 Å². The SMILES string of the molecule is CC1(C)CN=C(NC2CC=CC2)NC1. The highest BCUT2D eigenvalue weighted by Crippen LogP contribution is 2.17. The minimum atomic E-state index is 0.305. The summed E-state index contributed by atoms with van der Waals surface area (Å²) in [7, 11) is 0. The van der Waals surface area contributed by atoms with Crippen molar-refractivity contribution in [2.24, 2.45) is 10.4 Å². The fourth-order valence-electron chi connectivity index (χ4n) is 1.75. The summed E-state index contributed by atoms with van der Waals surface area (Å²) in [5, 5.41) is 6.78. The van der Waals surface area contributed by atoms with E-state index >= 15 is 0 Å². The summed E-state index contributed by atoms with van der Waals surface area (Å²) < 4.78 is 0. The minimum absolute atomic E-state index is 0.305. The Balaban J connectivity index is 1.85. The number of guanidine groups is 1. The Morgan fingerprint density at radius 2 is 2.14 bits per heavy atom. The van der Waals surface area contributed by atoms with Crippen LogP contribution in [0.1, 0.15) is 26.7 Å². The molecule has 1 aliphatic heterocycles. The van der Waals surface area contributed by atoms with Gasteiger partial charge in [-0.25, -0.2) is 0 Å². The Hall–Kier alpha value is -0.990. The van der Waals surface area contributed by atoms with Gasteiger partial charge in [0.25, 0.3) is 0 Å². The van der Waals surface area contributed by atoms with Gasteiger partial charge >= 0.3 is 0 Å². The molecule has 0 aromatic rings. The van der Waals surface area contributed by atoms with Gasteiger partial charge in [0.15, 0.2) is 5.96 Å². The normalized spacial score (nSPS) is 25.7. The van der Waals surface area contributed by atoms with E-state index in [9.17, 15) is 0 Å². The van der Waals surface area contributed by atoms with Gasteiger partial charge in [0.05, 0.1) is 0 Å². The van der Waals surface area contributed by atoms with E-state index in [1.165, 1.54) is 0 Å². The molecule has 78 valence electrons. The van der Waals surface area contributed by atoms with Crippen molar-refractivity contribution < 1.29 is 0 Å². The molecule has 3 nitrogen and oxygen atoms in total. The van der Waals surface area contributed by atoms with Crippen molar-refractivity contribution in [3.8, 4) is 0 Å². The first-order valence-electron chi connectivity index (χ1n) is 5.36. The van der Waals surface area contributed by atoms with Crippen LogP contribution in [0, 0.1) is 5.41 Å². The second-order valence-corrected chi connectivity index (χ2v) is 4.97. The summed E-state index contributed by atoms with van der Waals surface area (Å²) in [6.07, 6.45) is 6.71. The second-order valence-electron chi connectivity index (χ2n) is 4.97. The maximum absolute atomic E-state index is 4.51. The van der Waals surface area contributed by atoms with Crippen LogP contribution in [0.15, 0.2) is 17.1 Å². The molecule has 0 atom stereocenters. The molecule has 0 radical (unpaired) electrons. The van der Waals surface area contributed by atoms with E-state index in [1.54, 1.807) is 0 Å². The molecule has 1 aliphatic carbocycles. The van der Waals surface area contributed by atoms with Crippen LogP contribution in [-0.2, 0) is 0 Å². The molecule has 3 heteroatoms. The highest BCUT2D eigenvalue weighted by Gasteiger charge is 2.23. The Morgan fingerprint density at radius 1 is 1.43 bits per heavy atom. The van der Waals surface area contributed by atoms with Crippen LogP contribution in [0.2, 0.25) is 0 Å². The highest BCUT2D eigenvalue weighted by atomic mass is 15.2. The predicted molar refractivity (Wildman–Crippen MR) is 59.4 cm³/mol. The molecule has 0 amide bonds. The van der Waals surface area contributed by atoms with E-state index < -0.39 is 0 Å². The Morgan fingerprint density at radius 3 is 2.71 bits per heavy atom. The van der Waals surface area contributed by atoms with Gasteiger partial charge in [-0.1, -0.05) is 26.0 Å². The maximum Gasteiger partial charge on any atom is 0.191 e. The fraction of sp³-hybridized carbons (Fsp3) is 0.727. The standard InChI is InChI=1S/C11H19N3/c1-11(2)7-12-10(13-8-11)14-9-5-3-4-6-9/h3-4,9H,5-8H2,1-2H3,(H2,12,13,14). The summed E-state index contributed by atoms with van der Waals surface area (Å²) in [5.74, 6) is 0.984. The Kier molecular flexibility index (Phi) is 2.48. The van der Waals surface area contributed by atoms with Gasteiger partial charge in [-0.05, 0) is 12.8 Å². The molecular weight excluding hydrogens is 174 g/mol. The molecule has 2 aliphatic rings. The first kappa shape index (κ1) is 9.56. The Labute approximate surface area is 85.7 Å². The van der Waals surface area contributed by atoms with Crippen molar-refractivity contribution in [2.45, 2.75) is 32.7 Å². The van der Waals surface area contributed by atoms with Crippen molar-refractivity contribution in [3.05, 3.63) is 12.2 Å². The number of nitrogens with zero attached hydrogens (tertiary/aromatic N) is 1. The third-order valence-electron chi connectivity index (χ3n) is 2.75. The molecular formula is C11H19N3. The first-order chi connectivity index (χ1) is 6.66. The van der Waals surface area contributed by atoms with E-state index in [2.05, 4.69) is 41.6 Å².